The summed E-state index contributed by atoms with van der Waals surface area (Å²) in [6.07, 6.45) is -3.09. The molecule has 24 heavy (non-hydrogen) atoms. The normalized spacial score (nSPS) is 26.9. The zero-order valence-electron chi connectivity index (χ0n) is 12.6. The van der Waals surface area contributed by atoms with Gasteiger partial charge in [-0.15, -0.1) is 0 Å². The fourth-order valence-electron chi connectivity index (χ4n) is 3.08. The van der Waals surface area contributed by atoms with E-state index in [0.717, 1.165) is 16.9 Å². The molecule has 2 unspecified atom stereocenters. The Hall–Kier alpha value is -1.62. The van der Waals surface area contributed by atoms with Gasteiger partial charge in [-0.3, -0.25) is 9.48 Å². The van der Waals surface area contributed by atoms with E-state index in [2.05, 4.69) is 5.10 Å². The van der Waals surface area contributed by atoms with Crippen molar-refractivity contribution in [3.05, 3.63) is 18.0 Å². The summed E-state index contributed by atoms with van der Waals surface area (Å²) in [7, 11) is -3.33. The van der Waals surface area contributed by atoms with E-state index < -0.39 is 38.9 Å². The molecule has 0 bridgehead atoms. The van der Waals surface area contributed by atoms with Gasteiger partial charge >= 0.3 is 6.18 Å². The van der Waals surface area contributed by atoms with E-state index in [1.807, 2.05) is 0 Å². The quantitative estimate of drug-likeness (QED) is 0.752. The highest BCUT2D eigenvalue weighted by Crippen LogP contribution is 2.28. The van der Waals surface area contributed by atoms with Crippen LogP contribution in [0.5, 0.6) is 0 Å². The van der Waals surface area contributed by atoms with Gasteiger partial charge in [0.1, 0.15) is 11.8 Å². The fourth-order valence-corrected chi connectivity index (χ4v) is 4.90. The van der Waals surface area contributed by atoms with E-state index in [0.29, 0.717) is 13.0 Å². The van der Waals surface area contributed by atoms with E-state index in [1.165, 1.54) is 4.90 Å². The lowest BCUT2D eigenvalue weighted by molar-refractivity contribution is -0.142. The number of amides is 1. The van der Waals surface area contributed by atoms with Gasteiger partial charge in [-0.05, 0) is 12.5 Å². The number of ether oxygens (including phenoxy) is 1. The van der Waals surface area contributed by atoms with Crippen LogP contribution in [-0.4, -0.2) is 65.8 Å². The highest BCUT2D eigenvalue weighted by Gasteiger charge is 2.45. The summed E-state index contributed by atoms with van der Waals surface area (Å²) in [5.74, 6) is -0.616. The third-order valence-corrected chi connectivity index (χ3v) is 6.42. The largest absolute Gasteiger partial charge is 0.435 e. The molecule has 134 valence electrons. The molecule has 7 nitrogen and oxygen atoms in total. The molecular formula is C13H16F3N3O4S. The Morgan fingerprint density at radius 2 is 2.17 bits per heavy atom. The second-order valence-corrected chi connectivity index (χ2v) is 8.16. The zero-order chi connectivity index (χ0) is 17.5. The van der Waals surface area contributed by atoms with Crippen molar-refractivity contribution in [1.29, 1.82) is 0 Å². The Labute approximate surface area is 136 Å². The number of fused-ring (bicyclic) bond motifs is 1. The van der Waals surface area contributed by atoms with Crippen molar-refractivity contribution in [2.45, 2.75) is 30.4 Å². The summed E-state index contributed by atoms with van der Waals surface area (Å²) in [6, 6.07) is 0.299. The summed E-state index contributed by atoms with van der Waals surface area (Å²) >= 11 is 0. The van der Waals surface area contributed by atoms with Gasteiger partial charge in [0.2, 0.25) is 5.91 Å². The average Bonchev–Trinajstić information content (AvgIpc) is 2.96. The van der Waals surface area contributed by atoms with Crippen LogP contribution in [-0.2, 0) is 32.1 Å². The summed E-state index contributed by atoms with van der Waals surface area (Å²) in [4.78, 5) is 13.9. The minimum Gasteiger partial charge on any atom is -0.380 e. The van der Waals surface area contributed by atoms with Crippen molar-refractivity contribution < 1.29 is 31.1 Å². The molecule has 2 aliphatic heterocycles. The molecule has 0 radical (unpaired) electrons. The number of carbonyl (C=O) groups excluding carboxylic acids is 1. The van der Waals surface area contributed by atoms with Crippen molar-refractivity contribution in [3.8, 4) is 0 Å². The number of alkyl halides is 3. The smallest absolute Gasteiger partial charge is 0.380 e. The molecule has 0 aliphatic carbocycles. The molecule has 0 N–H and O–H groups in total. The summed E-state index contributed by atoms with van der Waals surface area (Å²) in [5.41, 5.74) is -1.07. The monoisotopic (exact) mass is 367 g/mol. The molecular weight excluding hydrogens is 351 g/mol. The molecule has 2 aliphatic rings. The van der Waals surface area contributed by atoms with Crippen LogP contribution in [0.3, 0.4) is 0 Å². The lowest BCUT2D eigenvalue weighted by Crippen LogP contribution is -2.60. The van der Waals surface area contributed by atoms with Gasteiger partial charge in [-0.2, -0.15) is 18.3 Å². The third kappa shape index (κ3) is 3.27. The van der Waals surface area contributed by atoms with Gasteiger partial charge < -0.3 is 9.64 Å². The molecule has 1 amide bonds. The van der Waals surface area contributed by atoms with Gasteiger partial charge in [0.05, 0.1) is 18.4 Å². The predicted octanol–water partition coefficient (Wildman–Crippen LogP) is 0.316. The van der Waals surface area contributed by atoms with E-state index in [-0.39, 0.29) is 25.4 Å². The third-order valence-electron chi connectivity index (χ3n) is 4.30. The van der Waals surface area contributed by atoms with E-state index >= 15 is 0 Å². The minimum absolute atomic E-state index is 0.0374. The molecule has 1 aromatic rings. The number of halogens is 3. The Kier molecular flexibility index (Phi) is 4.32. The number of hydrogen-bond donors (Lipinski definition) is 0. The SMILES string of the molecule is O=C(Cn1ccc(C(F)(F)F)n1)N1CCS(=O)(=O)C2COCCC21. The molecule has 3 heterocycles. The first-order chi connectivity index (χ1) is 11.2. The van der Waals surface area contributed by atoms with Crippen LogP contribution in [0.25, 0.3) is 0 Å². The first-order valence-electron chi connectivity index (χ1n) is 7.38. The first-order valence-corrected chi connectivity index (χ1v) is 9.09. The maximum atomic E-state index is 12.5. The second kappa shape index (κ2) is 6.03. The van der Waals surface area contributed by atoms with Gasteiger partial charge in [-0.1, -0.05) is 0 Å². The Morgan fingerprint density at radius 1 is 1.42 bits per heavy atom. The number of hydrogen-bond acceptors (Lipinski definition) is 5. The van der Waals surface area contributed by atoms with Crippen LogP contribution in [0.1, 0.15) is 12.1 Å². The summed E-state index contributed by atoms with van der Waals surface area (Å²) in [6.45, 7) is 0.0627. The average molecular weight is 367 g/mol. The zero-order valence-corrected chi connectivity index (χ0v) is 13.4. The number of rotatable bonds is 2. The van der Waals surface area contributed by atoms with Crippen LogP contribution in [0.2, 0.25) is 0 Å². The van der Waals surface area contributed by atoms with Gasteiger partial charge in [0, 0.05) is 19.3 Å². The standard InChI is InChI=1S/C13H16F3N3O4S/c14-13(15,16)11-1-3-18(17-11)7-12(20)19-4-6-24(21,22)10-8-23-5-2-9(10)19/h1,3,9-10H,2,4-8H2. The lowest BCUT2D eigenvalue weighted by Gasteiger charge is -2.43. The second-order valence-electron chi connectivity index (χ2n) is 5.82. The molecule has 2 fully saturated rings. The van der Waals surface area contributed by atoms with Crippen molar-refractivity contribution in [1.82, 2.24) is 14.7 Å². The molecule has 1 aromatic heterocycles. The highest BCUT2D eigenvalue weighted by molar-refractivity contribution is 7.92. The van der Waals surface area contributed by atoms with Gasteiger partial charge in [0.15, 0.2) is 15.5 Å². The van der Waals surface area contributed by atoms with Gasteiger partial charge in [0.25, 0.3) is 0 Å². The highest BCUT2D eigenvalue weighted by atomic mass is 32.2. The van der Waals surface area contributed by atoms with Crippen molar-refractivity contribution >= 4 is 15.7 Å². The molecule has 2 atom stereocenters. The number of nitrogens with zero attached hydrogens (tertiary/aromatic N) is 3. The Morgan fingerprint density at radius 3 is 2.83 bits per heavy atom. The Balaban J connectivity index is 1.74. The minimum atomic E-state index is -4.57. The fraction of sp³-hybridized carbons (Fsp3) is 0.692. The Bertz CT molecular complexity index is 731. The van der Waals surface area contributed by atoms with Crippen LogP contribution in [0.4, 0.5) is 13.2 Å². The van der Waals surface area contributed by atoms with E-state index in [4.69, 9.17) is 4.74 Å². The van der Waals surface area contributed by atoms with Crippen LogP contribution < -0.4 is 0 Å². The molecule has 0 aromatic carbocycles. The van der Waals surface area contributed by atoms with Crippen LogP contribution in [0, 0.1) is 0 Å². The van der Waals surface area contributed by atoms with Crippen LogP contribution in [0.15, 0.2) is 12.3 Å². The van der Waals surface area contributed by atoms with Crippen molar-refractivity contribution in [3.63, 3.8) is 0 Å². The van der Waals surface area contributed by atoms with Crippen LogP contribution >= 0.6 is 0 Å². The van der Waals surface area contributed by atoms with E-state index in [1.54, 1.807) is 0 Å². The number of sulfone groups is 1. The summed E-state index contributed by atoms with van der Waals surface area (Å²) < 4.78 is 68.0. The number of aromatic nitrogens is 2. The van der Waals surface area contributed by atoms with Crippen molar-refractivity contribution in [2.24, 2.45) is 0 Å². The first kappa shape index (κ1) is 17.2. The topological polar surface area (TPSA) is 81.5 Å². The lowest BCUT2D eigenvalue weighted by atomic mass is 10.1. The molecule has 0 spiro atoms. The van der Waals surface area contributed by atoms with Gasteiger partial charge in [-0.25, -0.2) is 8.42 Å². The van der Waals surface area contributed by atoms with Crippen molar-refractivity contribution in [2.75, 3.05) is 25.5 Å². The number of carbonyl (C=O) groups is 1. The maximum absolute atomic E-state index is 12.5. The summed E-state index contributed by atoms with van der Waals surface area (Å²) in [5, 5.41) is 2.58. The molecule has 2 saturated heterocycles. The molecule has 11 heteroatoms. The maximum Gasteiger partial charge on any atom is 0.435 e. The van der Waals surface area contributed by atoms with E-state index in [9.17, 15) is 26.4 Å². The molecule has 3 rings (SSSR count). The predicted molar refractivity (Wildman–Crippen MR) is 75.7 cm³/mol. The molecule has 0 saturated carbocycles.